The van der Waals surface area contributed by atoms with Crippen LogP contribution in [0.2, 0.25) is 0 Å². The highest BCUT2D eigenvalue weighted by atomic mass is 19.4. The molecule has 2 nitrogen and oxygen atoms in total. The molecule has 78 valence electrons. The Hall–Kier alpha value is -1.00. The topological polar surface area (TPSA) is 28.7 Å². The Kier molecular flexibility index (Phi) is 2.05. The van der Waals surface area contributed by atoms with E-state index < -0.39 is 11.9 Å². The van der Waals surface area contributed by atoms with Crippen LogP contribution in [0.4, 0.5) is 13.2 Å². The molecule has 0 fully saturated rings. The molecule has 0 unspecified atom stereocenters. The van der Waals surface area contributed by atoms with E-state index in [1.54, 1.807) is 0 Å². The van der Waals surface area contributed by atoms with Gasteiger partial charge in [0.25, 0.3) is 0 Å². The summed E-state index contributed by atoms with van der Waals surface area (Å²) in [5, 5.41) is 5.85. The number of hydrogen-bond donors (Lipinski definition) is 1. The predicted molar refractivity (Wildman–Crippen MR) is 44.8 cm³/mol. The quantitative estimate of drug-likeness (QED) is 0.691. The van der Waals surface area contributed by atoms with Crippen molar-refractivity contribution in [2.45, 2.75) is 32.4 Å². The second-order valence-corrected chi connectivity index (χ2v) is 3.88. The van der Waals surface area contributed by atoms with E-state index in [1.165, 1.54) is 0 Å². The summed E-state index contributed by atoms with van der Waals surface area (Å²) in [6.07, 6.45) is -2.33. The van der Waals surface area contributed by atoms with E-state index >= 15 is 0 Å². The van der Waals surface area contributed by atoms with Gasteiger partial charge in [-0.2, -0.15) is 18.3 Å². The van der Waals surface area contributed by atoms with E-state index in [0.717, 1.165) is 6.42 Å². The van der Waals surface area contributed by atoms with Gasteiger partial charge in [0, 0.05) is 11.3 Å². The van der Waals surface area contributed by atoms with Crippen molar-refractivity contribution in [1.29, 1.82) is 0 Å². The lowest BCUT2D eigenvalue weighted by Crippen LogP contribution is -2.14. The van der Waals surface area contributed by atoms with Crippen molar-refractivity contribution in [3.8, 4) is 0 Å². The molecule has 0 amide bonds. The summed E-state index contributed by atoms with van der Waals surface area (Å²) in [5.74, 6) is 0.448. The van der Waals surface area contributed by atoms with Crippen LogP contribution in [0.1, 0.15) is 30.3 Å². The van der Waals surface area contributed by atoms with Gasteiger partial charge in [0.1, 0.15) is 0 Å². The van der Waals surface area contributed by atoms with Crippen molar-refractivity contribution in [2.24, 2.45) is 5.92 Å². The Bertz CT molecular complexity index is 340. The summed E-state index contributed by atoms with van der Waals surface area (Å²) in [6, 6.07) is 0. The molecule has 1 aliphatic carbocycles. The van der Waals surface area contributed by atoms with Crippen LogP contribution in [0.5, 0.6) is 0 Å². The third kappa shape index (κ3) is 1.51. The minimum Gasteiger partial charge on any atom is -0.282 e. The molecular weight excluding hydrogens is 193 g/mol. The smallest absolute Gasteiger partial charge is 0.282 e. The van der Waals surface area contributed by atoms with Gasteiger partial charge < -0.3 is 0 Å². The van der Waals surface area contributed by atoms with Crippen LogP contribution in [0.15, 0.2) is 0 Å². The number of rotatable bonds is 0. The number of H-pyrrole nitrogens is 1. The zero-order chi connectivity index (χ0) is 10.3. The molecule has 1 heterocycles. The fourth-order valence-corrected chi connectivity index (χ4v) is 1.92. The van der Waals surface area contributed by atoms with Crippen LogP contribution >= 0.6 is 0 Å². The van der Waals surface area contributed by atoms with E-state index in [1.807, 2.05) is 6.92 Å². The zero-order valence-electron chi connectivity index (χ0n) is 7.78. The van der Waals surface area contributed by atoms with E-state index in [0.29, 0.717) is 30.0 Å². The van der Waals surface area contributed by atoms with Crippen LogP contribution in [0.25, 0.3) is 0 Å². The van der Waals surface area contributed by atoms with E-state index in [-0.39, 0.29) is 0 Å². The molecule has 14 heavy (non-hydrogen) atoms. The lowest BCUT2D eigenvalue weighted by atomic mass is 9.88. The highest BCUT2D eigenvalue weighted by molar-refractivity contribution is 5.29. The fraction of sp³-hybridized carbons (Fsp3) is 0.667. The molecule has 0 spiro atoms. The number of alkyl halides is 3. The average Bonchev–Trinajstić information content (AvgIpc) is 2.45. The first kappa shape index (κ1) is 9.55. The number of aromatic nitrogens is 2. The largest absolute Gasteiger partial charge is 0.435 e. The molecular formula is C9H11F3N2. The molecule has 2 rings (SSSR count). The molecule has 0 saturated heterocycles. The van der Waals surface area contributed by atoms with Crippen LogP contribution < -0.4 is 0 Å². The van der Waals surface area contributed by atoms with Gasteiger partial charge in [-0.25, -0.2) is 0 Å². The van der Waals surface area contributed by atoms with Gasteiger partial charge in [-0.15, -0.1) is 0 Å². The molecule has 0 aromatic carbocycles. The lowest BCUT2D eigenvalue weighted by molar-refractivity contribution is -0.141. The third-order valence-electron chi connectivity index (χ3n) is 2.66. The summed E-state index contributed by atoms with van der Waals surface area (Å²) in [5.41, 5.74) is 0.311. The lowest BCUT2D eigenvalue weighted by Gasteiger charge is -2.18. The normalized spacial score (nSPS) is 22.1. The zero-order valence-corrected chi connectivity index (χ0v) is 7.78. The van der Waals surface area contributed by atoms with Crippen molar-refractivity contribution < 1.29 is 13.2 Å². The van der Waals surface area contributed by atoms with Gasteiger partial charge in [-0.05, 0) is 25.2 Å². The summed E-state index contributed by atoms with van der Waals surface area (Å²) in [7, 11) is 0. The van der Waals surface area contributed by atoms with Gasteiger partial charge in [0.2, 0.25) is 0 Å². The number of halogens is 3. The Balaban J connectivity index is 2.38. The molecule has 1 atom stereocenters. The molecule has 1 aromatic rings. The molecule has 0 radical (unpaired) electrons. The minimum atomic E-state index is -4.31. The second kappa shape index (κ2) is 3.00. The SMILES string of the molecule is C[C@@H]1CCc2c(C(F)(F)F)n[nH]c2C1. The van der Waals surface area contributed by atoms with E-state index in [2.05, 4.69) is 10.2 Å². The number of fused-ring (bicyclic) bond motifs is 1. The maximum atomic E-state index is 12.4. The van der Waals surface area contributed by atoms with Gasteiger partial charge >= 0.3 is 6.18 Å². The minimum absolute atomic E-state index is 0.371. The van der Waals surface area contributed by atoms with Crippen molar-refractivity contribution in [2.75, 3.05) is 0 Å². The standard InChI is InChI=1S/C9H11F3N2/c1-5-2-3-6-7(4-5)13-14-8(6)9(10,11)12/h5H,2-4H2,1H3,(H,13,14)/t5-/m1/s1. The fourth-order valence-electron chi connectivity index (χ4n) is 1.92. The summed E-state index contributed by atoms with van der Waals surface area (Å²) in [4.78, 5) is 0. The van der Waals surface area contributed by atoms with Crippen LogP contribution in [0, 0.1) is 5.92 Å². The molecule has 1 aromatic heterocycles. The Morgan fingerprint density at radius 3 is 2.79 bits per heavy atom. The molecule has 1 N–H and O–H groups in total. The summed E-state index contributed by atoms with van der Waals surface area (Å²) < 4.78 is 37.3. The van der Waals surface area contributed by atoms with Crippen molar-refractivity contribution in [3.63, 3.8) is 0 Å². The maximum Gasteiger partial charge on any atom is 0.435 e. The Labute approximate surface area is 79.5 Å². The van der Waals surface area contributed by atoms with E-state index in [4.69, 9.17) is 0 Å². The summed E-state index contributed by atoms with van der Waals surface area (Å²) in [6.45, 7) is 2.04. The van der Waals surface area contributed by atoms with E-state index in [9.17, 15) is 13.2 Å². The van der Waals surface area contributed by atoms with Crippen molar-refractivity contribution >= 4 is 0 Å². The number of nitrogens with zero attached hydrogens (tertiary/aromatic N) is 1. The van der Waals surface area contributed by atoms with Gasteiger partial charge in [0.05, 0.1) is 0 Å². The molecule has 0 saturated carbocycles. The first-order valence-electron chi connectivity index (χ1n) is 4.62. The molecule has 1 aliphatic rings. The maximum absolute atomic E-state index is 12.4. The van der Waals surface area contributed by atoms with Gasteiger partial charge in [-0.1, -0.05) is 6.92 Å². The third-order valence-corrected chi connectivity index (χ3v) is 2.66. The highest BCUT2D eigenvalue weighted by Gasteiger charge is 2.38. The van der Waals surface area contributed by atoms with Crippen LogP contribution in [-0.2, 0) is 19.0 Å². The van der Waals surface area contributed by atoms with Crippen LogP contribution in [0.3, 0.4) is 0 Å². The Morgan fingerprint density at radius 2 is 2.14 bits per heavy atom. The average molecular weight is 204 g/mol. The number of aromatic amines is 1. The first-order chi connectivity index (χ1) is 6.48. The molecule has 0 bridgehead atoms. The number of hydrogen-bond acceptors (Lipinski definition) is 1. The second-order valence-electron chi connectivity index (χ2n) is 3.88. The van der Waals surface area contributed by atoms with Gasteiger partial charge in [-0.3, -0.25) is 5.10 Å². The van der Waals surface area contributed by atoms with Gasteiger partial charge in [0.15, 0.2) is 5.69 Å². The summed E-state index contributed by atoms with van der Waals surface area (Å²) >= 11 is 0. The molecule has 5 heteroatoms. The Morgan fingerprint density at radius 1 is 1.43 bits per heavy atom. The first-order valence-corrected chi connectivity index (χ1v) is 4.62. The highest BCUT2D eigenvalue weighted by Crippen LogP contribution is 2.35. The molecule has 0 aliphatic heterocycles. The van der Waals surface area contributed by atoms with Crippen LogP contribution in [-0.4, -0.2) is 10.2 Å². The predicted octanol–water partition coefficient (Wildman–Crippen LogP) is 2.55. The monoisotopic (exact) mass is 204 g/mol. The number of nitrogens with one attached hydrogen (secondary N) is 1. The van der Waals surface area contributed by atoms with Crippen molar-refractivity contribution in [3.05, 3.63) is 17.0 Å². The van der Waals surface area contributed by atoms with Crippen molar-refractivity contribution in [1.82, 2.24) is 10.2 Å².